The van der Waals surface area contributed by atoms with Crippen LogP contribution in [0.15, 0.2) is 47.2 Å². The number of halogens is 2. The van der Waals surface area contributed by atoms with Crippen molar-refractivity contribution in [2.75, 3.05) is 0 Å². The summed E-state index contributed by atoms with van der Waals surface area (Å²) in [5.41, 5.74) is 4.41. The molecule has 0 aliphatic carbocycles. The maximum Gasteiger partial charge on any atom is 0.142 e. The molecule has 0 saturated carbocycles. The average molecular weight is 324 g/mol. The molecule has 1 aromatic heterocycles. The van der Waals surface area contributed by atoms with E-state index in [1.54, 1.807) is 30.6 Å². The van der Waals surface area contributed by atoms with Crippen molar-refractivity contribution < 1.29 is 4.39 Å². The lowest BCUT2D eigenvalue weighted by molar-refractivity contribution is 0.483. The summed E-state index contributed by atoms with van der Waals surface area (Å²) in [6.45, 7) is 0. The maximum absolute atomic E-state index is 14.0. The number of hydrogen-bond donors (Lipinski definition) is 2. The van der Waals surface area contributed by atoms with Crippen molar-refractivity contribution in [3.8, 4) is 0 Å². The van der Waals surface area contributed by atoms with Gasteiger partial charge in [-0.2, -0.15) is 0 Å². The quantitative estimate of drug-likeness (QED) is 0.656. The van der Waals surface area contributed by atoms with Crippen molar-refractivity contribution in [3.63, 3.8) is 0 Å². The number of hydrogen-bond acceptors (Lipinski definition) is 3. The van der Waals surface area contributed by atoms with Gasteiger partial charge in [0.1, 0.15) is 5.82 Å². The molecule has 3 N–H and O–H groups in total. The lowest BCUT2D eigenvalue weighted by atomic mass is 9.99. The predicted molar refractivity (Wildman–Crippen MR) is 76.7 cm³/mol. The Balaban J connectivity index is 2.10. The highest BCUT2D eigenvalue weighted by molar-refractivity contribution is 9.10. The number of rotatable bonds is 5. The molecule has 2 rings (SSSR count). The van der Waals surface area contributed by atoms with Gasteiger partial charge in [-0.15, -0.1) is 0 Å². The van der Waals surface area contributed by atoms with E-state index in [9.17, 15) is 4.39 Å². The monoisotopic (exact) mass is 323 g/mol. The normalized spacial score (nSPS) is 12.4. The van der Waals surface area contributed by atoms with Crippen LogP contribution in [-0.2, 0) is 6.42 Å². The summed E-state index contributed by atoms with van der Waals surface area (Å²) in [4.78, 5) is 3.97. The number of nitrogens with one attached hydrogen (secondary N) is 1. The molecule has 0 spiro atoms. The summed E-state index contributed by atoms with van der Waals surface area (Å²) < 4.78 is 14.5. The van der Waals surface area contributed by atoms with Crippen LogP contribution < -0.4 is 11.3 Å². The molecule has 1 aromatic carbocycles. The molecule has 1 unspecified atom stereocenters. The number of benzene rings is 1. The van der Waals surface area contributed by atoms with Crippen LogP contribution in [0.3, 0.4) is 0 Å². The van der Waals surface area contributed by atoms with Gasteiger partial charge in [0.2, 0.25) is 0 Å². The largest absolute Gasteiger partial charge is 0.271 e. The molecule has 0 bridgehead atoms. The van der Waals surface area contributed by atoms with Gasteiger partial charge in [-0.3, -0.25) is 16.3 Å². The van der Waals surface area contributed by atoms with E-state index < -0.39 is 0 Å². The zero-order chi connectivity index (χ0) is 13.7. The van der Waals surface area contributed by atoms with Crippen molar-refractivity contribution in [1.29, 1.82) is 0 Å². The van der Waals surface area contributed by atoms with Gasteiger partial charge in [0.25, 0.3) is 0 Å². The van der Waals surface area contributed by atoms with Crippen molar-refractivity contribution in [1.82, 2.24) is 10.4 Å². The van der Waals surface area contributed by atoms with E-state index >= 15 is 0 Å². The average Bonchev–Trinajstić information content (AvgIpc) is 2.45. The van der Waals surface area contributed by atoms with Crippen LogP contribution in [0.1, 0.15) is 23.6 Å². The standard InChI is InChI=1S/C14H15BrFN3/c15-12-3-1-2-11(14(12)16)13(19-17)5-4-10-6-8-18-9-7-10/h1-3,6-9,13,19H,4-5,17H2. The first kappa shape index (κ1) is 14.1. The molecule has 0 aliphatic heterocycles. The molecule has 1 atom stereocenters. The second-order valence-electron chi connectivity index (χ2n) is 4.26. The fourth-order valence-electron chi connectivity index (χ4n) is 1.98. The number of hydrazine groups is 1. The molecule has 100 valence electrons. The van der Waals surface area contributed by atoms with E-state index in [0.717, 1.165) is 12.0 Å². The zero-order valence-electron chi connectivity index (χ0n) is 10.3. The van der Waals surface area contributed by atoms with E-state index in [2.05, 4.69) is 26.3 Å². The van der Waals surface area contributed by atoms with Gasteiger partial charge in [-0.05, 0) is 52.5 Å². The second-order valence-corrected chi connectivity index (χ2v) is 5.11. The van der Waals surface area contributed by atoms with Crippen LogP contribution in [0.2, 0.25) is 0 Å². The second kappa shape index (κ2) is 6.75. The highest BCUT2D eigenvalue weighted by Crippen LogP contribution is 2.26. The van der Waals surface area contributed by atoms with Crippen LogP contribution in [0.25, 0.3) is 0 Å². The third-order valence-electron chi connectivity index (χ3n) is 3.03. The molecule has 0 saturated heterocycles. The molecule has 0 radical (unpaired) electrons. The Hall–Kier alpha value is -1.30. The maximum atomic E-state index is 14.0. The van der Waals surface area contributed by atoms with Crippen LogP contribution in [-0.4, -0.2) is 4.98 Å². The highest BCUT2D eigenvalue weighted by atomic mass is 79.9. The van der Waals surface area contributed by atoms with E-state index in [1.165, 1.54) is 0 Å². The zero-order valence-corrected chi connectivity index (χ0v) is 11.9. The van der Waals surface area contributed by atoms with Gasteiger partial charge < -0.3 is 0 Å². The summed E-state index contributed by atoms with van der Waals surface area (Å²) in [6.07, 6.45) is 5.02. The number of nitrogens with two attached hydrogens (primary N) is 1. The van der Waals surface area contributed by atoms with E-state index in [1.807, 2.05) is 12.1 Å². The molecule has 0 fully saturated rings. The molecule has 2 aromatic rings. The van der Waals surface area contributed by atoms with E-state index in [-0.39, 0.29) is 11.9 Å². The van der Waals surface area contributed by atoms with Crippen LogP contribution >= 0.6 is 15.9 Å². The molecular weight excluding hydrogens is 309 g/mol. The summed E-state index contributed by atoms with van der Waals surface area (Å²) in [7, 11) is 0. The van der Waals surface area contributed by atoms with Crippen molar-refractivity contribution in [3.05, 3.63) is 64.1 Å². The van der Waals surface area contributed by atoms with E-state index in [0.29, 0.717) is 16.5 Å². The first-order valence-electron chi connectivity index (χ1n) is 6.01. The molecular formula is C14H15BrFN3. The van der Waals surface area contributed by atoms with Crippen molar-refractivity contribution in [2.24, 2.45) is 5.84 Å². The molecule has 19 heavy (non-hydrogen) atoms. The molecule has 0 aliphatic rings. The summed E-state index contributed by atoms with van der Waals surface area (Å²) in [5.74, 6) is 5.28. The molecule has 3 nitrogen and oxygen atoms in total. The van der Waals surface area contributed by atoms with Gasteiger partial charge in [-0.25, -0.2) is 4.39 Å². The highest BCUT2D eigenvalue weighted by Gasteiger charge is 2.15. The fourth-order valence-corrected chi connectivity index (χ4v) is 2.36. The number of nitrogens with zero attached hydrogens (tertiary/aromatic N) is 1. The van der Waals surface area contributed by atoms with Crippen LogP contribution in [0.4, 0.5) is 4.39 Å². The lowest BCUT2D eigenvalue weighted by Crippen LogP contribution is -2.29. The van der Waals surface area contributed by atoms with Gasteiger partial charge in [0.05, 0.1) is 4.47 Å². The Bertz CT molecular complexity index is 533. The first-order valence-corrected chi connectivity index (χ1v) is 6.80. The summed E-state index contributed by atoms with van der Waals surface area (Å²) >= 11 is 3.19. The Kier molecular flexibility index (Phi) is 5.01. The third-order valence-corrected chi connectivity index (χ3v) is 3.64. The summed E-state index contributed by atoms with van der Waals surface area (Å²) in [5, 5.41) is 0. The van der Waals surface area contributed by atoms with Gasteiger partial charge in [0, 0.05) is 24.0 Å². The Morgan fingerprint density at radius 2 is 2.00 bits per heavy atom. The van der Waals surface area contributed by atoms with Crippen LogP contribution in [0.5, 0.6) is 0 Å². The van der Waals surface area contributed by atoms with Crippen molar-refractivity contribution >= 4 is 15.9 Å². The minimum absolute atomic E-state index is 0.217. The first-order chi connectivity index (χ1) is 9.22. The number of aryl methyl sites for hydroxylation is 1. The van der Waals surface area contributed by atoms with Crippen molar-refractivity contribution in [2.45, 2.75) is 18.9 Å². The van der Waals surface area contributed by atoms with Crippen LogP contribution in [0, 0.1) is 5.82 Å². The fraction of sp³-hybridized carbons (Fsp3) is 0.214. The topological polar surface area (TPSA) is 50.9 Å². The molecule has 1 heterocycles. The summed E-state index contributed by atoms with van der Waals surface area (Å²) in [6, 6.07) is 8.91. The smallest absolute Gasteiger partial charge is 0.142 e. The Labute approximate surface area is 120 Å². The lowest BCUT2D eigenvalue weighted by Gasteiger charge is -2.17. The number of aromatic nitrogens is 1. The predicted octanol–water partition coefficient (Wildman–Crippen LogP) is 3.12. The van der Waals surface area contributed by atoms with E-state index in [4.69, 9.17) is 5.84 Å². The Morgan fingerprint density at radius 1 is 1.26 bits per heavy atom. The minimum Gasteiger partial charge on any atom is -0.271 e. The number of pyridine rings is 1. The Morgan fingerprint density at radius 3 is 2.68 bits per heavy atom. The molecule has 5 heteroatoms. The van der Waals surface area contributed by atoms with Gasteiger partial charge in [-0.1, -0.05) is 12.1 Å². The van der Waals surface area contributed by atoms with Gasteiger partial charge in [0.15, 0.2) is 0 Å². The minimum atomic E-state index is -0.264. The molecule has 0 amide bonds. The third kappa shape index (κ3) is 3.59. The SMILES string of the molecule is NNC(CCc1ccncc1)c1cccc(Br)c1F. The van der Waals surface area contributed by atoms with Gasteiger partial charge >= 0.3 is 0 Å².